The van der Waals surface area contributed by atoms with Crippen molar-refractivity contribution in [3.8, 4) is 0 Å². The number of nitrogens with zero attached hydrogens (tertiary/aromatic N) is 3. The standard InChI is InChI=1S/C18H28N4O2/c1-18(2,22-10-12-24-13-11-22)14-20-17(23)15-6-5-7-19-16(15)21-8-3-4-9-21/h5-7H,3-4,8-14H2,1-2H3,(H,20,23). The van der Waals surface area contributed by atoms with Crippen LogP contribution in [0.4, 0.5) is 5.82 Å². The van der Waals surface area contributed by atoms with E-state index in [1.54, 1.807) is 6.20 Å². The quantitative estimate of drug-likeness (QED) is 0.886. The maximum Gasteiger partial charge on any atom is 0.255 e. The molecular formula is C18H28N4O2. The molecule has 2 aliphatic rings. The topological polar surface area (TPSA) is 57.7 Å². The van der Waals surface area contributed by atoms with Gasteiger partial charge in [0.05, 0.1) is 18.8 Å². The summed E-state index contributed by atoms with van der Waals surface area (Å²) in [4.78, 5) is 21.8. The lowest BCUT2D eigenvalue weighted by atomic mass is 10.0. The summed E-state index contributed by atoms with van der Waals surface area (Å²) in [5, 5.41) is 3.11. The van der Waals surface area contributed by atoms with E-state index >= 15 is 0 Å². The Morgan fingerprint density at radius 1 is 1.25 bits per heavy atom. The van der Waals surface area contributed by atoms with Crippen LogP contribution < -0.4 is 10.2 Å². The number of anilines is 1. The van der Waals surface area contributed by atoms with Crippen molar-refractivity contribution in [3.63, 3.8) is 0 Å². The molecule has 3 rings (SSSR count). The third kappa shape index (κ3) is 3.87. The van der Waals surface area contributed by atoms with Crippen LogP contribution in [0.25, 0.3) is 0 Å². The number of ether oxygens (including phenoxy) is 1. The van der Waals surface area contributed by atoms with Crippen LogP contribution in [0.1, 0.15) is 37.0 Å². The van der Waals surface area contributed by atoms with E-state index < -0.39 is 0 Å². The van der Waals surface area contributed by atoms with E-state index in [9.17, 15) is 4.79 Å². The zero-order valence-electron chi connectivity index (χ0n) is 14.8. The van der Waals surface area contributed by atoms with E-state index in [1.165, 1.54) is 12.8 Å². The fourth-order valence-corrected chi connectivity index (χ4v) is 3.43. The number of nitrogens with one attached hydrogen (secondary N) is 1. The maximum absolute atomic E-state index is 12.7. The predicted molar refractivity (Wildman–Crippen MR) is 94.5 cm³/mol. The molecule has 0 aliphatic carbocycles. The van der Waals surface area contributed by atoms with Crippen LogP contribution in [0.5, 0.6) is 0 Å². The number of rotatable bonds is 5. The third-order valence-corrected chi connectivity index (χ3v) is 4.99. The third-order valence-electron chi connectivity index (χ3n) is 4.99. The van der Waals surface area contributed by atoms with Crippen molar-refractivity contribution < 1.29 is 9.53 Å². The zero-order valence-corrected chi connectivity index (χ0v) is 14.8. The van der Waals surface area contributed by atoms with Gasteiger partial charge in [0.25, 0.3) is 5.91 Å². The molecule has 0 atom stereocenters. The van der Waals surface area contributed by atoms with Gasteiger partial charge in [0, 0.05) is 44.5 Å². The number of hydrogen-bond acceptors (Lipinski definition) is 5. The summed E-state index contributed by atoms with van der Waals surface area (Å²) in [7, 11) is 0. The lowest BCUT2D eigenvalue weighted by Gasteiger charge is -2.40. The average molecular weight is 332 g/mol. The summed E-state index contributed by atoms with van der Waals surface area (Å²) in [5.74, 6) is 0.781. The SMILES string of the molecule is CC(C)(CNC(=O)c1cccnc1N1CCCC1)N1CCOCC1. The summed E-state index contributed by atoms with van der Waals surface area (Å²) in [6.45, 7) is 10.3. The molecule has 132 valence electrons. The zero-order chi connectivity index (χ0) is 17.0. The van der Waals surface area contributed by atoms with Crippen LogP contribution in [-0.4, -0.2) is 67.3 Å². The molecule has 3 heterocycles. The highest BCUT2D eigenvalue weighted by Gasteiger charge is 2.29. The largest absolute Gasteiger partial charge is 0.379 e. The van der Waals surface area contributed by atoms with Crippen molar-refractivity contribution >= 4 is 11.7 Å². The number of morpholine rings is 1. The van der Waals surface area contributed by atoms with Gasteiger partial charge >= 0.3 is 0 Å². The Bertz CT molecular complexity index is 564. The first kappa shape index (κ1) is 17.2. The fraction of sp³-hybridized carbons (Fsp3) is 0.667. The first-order valence-corrected chi connectivity index (χ1v) is 8.89. The van der Waals surface area contributed by atoms with Gasteiger partial charge in [0.1, 0.15) is 5.82 Å². The predicted octanol–water partition coefficient (Wildman–Crippen LogP) is 1.52. The van der Waals surface area contributed by atoms with Crippen molar-refractivity contribution in [2.75, 3.05) is 50.8 Å². The molecule has 2 saturated heterocycles. The Balaban J connectivity index is 1.64. The second-order valence-corrected chi connectivity index (χ2v) is 7.16. The summed E-state index contributed by atoms with van der Waals surface area (Å²) in [6, 6.07) is 3.71. The van der Waals surface area contributed by atoms with Crippen molar-refractivity contribution in [2.45, 2.75) is 32.2 Å². The highest BCUT2D eigenvalue weighted by atomic mass is 16.5. The van der Waals surface area contributed by atoms with Gasteiger partial charge in [-0.25, -0.2) is 4.98 Å². The summed E-state index contributed by atoms with van der Waals surface area (Å²) >= 11 is 0. The molecule has 1 amide bonds. The van der Waals surface area contributed by atoms with Crippen LogP contribution in [0.2, 0.25) is 0 Å². The van der Waals surface area contributed by atoms with Gasteiger partial charge in [-0.05, 0) is 38.8 Å². The Morgan fingerprint density at radius 3 is 2.67 bits per heavy atom. The monoisotopic (exact) mass is 332 g/mol. The first-order valence-electron chi connectivity index (χ1n) is 8.89. The average Bonchev–Trinajstić information content (AvgIpc) is 3.15. The van der Waals surface area contributed by atoms with Gasteiger partial charge in [-0.2, -0.15) is 0 Å². The molecule has 0 aromatic carbocycles. The van der Waals surface area contributed by atoms with Crippen molar-refractivity contribution in [1.29, 1.82) is 0 Å². The second-order valence-electron chi connectivity index (χ2n) is 7.16. The molecule has 2 aliphatic heterocycles. The van der Waals surface area contributed by atoms with Crippen LogP contribution in [0.15, 0.2) is 18.3 Å². The lowest BCUT2D eigenvalue weighted by molar-refractivity contribution is -0.00923. The van der Waals surface area contributed by atoms with Gasteiger partial charge < -0.3 is 15.0 Å². The molecule has 6 heteroatoms. The van der Waals surface area contributed by atoms with E-state index in [1.807, 2.05) is 12.1 Å². The molecule has 1 aromatic rings. The molecule has 0 radical (unpaired) electrons. The number of carbonyl (C=O) groups excluding carboxylic acids is 1. The molecular weight excluding hydrogens is 304 g/mol. The highest BCUT2D eigenvalue weighted by Crippen LogP contribution is 2.22. The number of aromatic nitrogens is 1. The van der Waals surface area contributed by atoms with Crippen molar-refractivity contribution in [3.05, 3.63) is 23.9 Å². The number of hydrogen-bond donors (Lipinski definition) is 1. The number of amides is 1. The minimum atomic E-state index is -0.0878. The van der Waals surface area contributed by atoms with Crippen LogP contribution >= 0.6 is 0 Å². The maximum atomic E-state index is 12.7. The van der Waals surface area contributed by atoms with E-state index in [0.29, 0.717) is 12.1 Å². The van der Waals surface area contributed by atoms with Gasteiger partial charge in [-0.3, -0.25) is 9.69 Å². The second kappa shape index (κ2) is 7.49. The van der Waals surface area contributed by atoms with Crippen LogP contribution in [0.3, 0.4) is 0 Å². The Hall–Kier alpha value is -1.66. The number of pyridine rings is 1. The van der Waals surface area contributed by atoms with E-state index in [-0.39, 0.29) is 11.4 Å². The normalized spacial score (nSPS) is 19.5. The Kier molecular flexibility index (Phi) is 5.36. The highest BCUT2D eigenvalue weighted by molar-refractivity contribution is 5.98. The molecule has 0 saturated carbocycles. The van der Waals surface area contributed by atoms with E-state index in [2.05, 4.69) is 33.9 Å². The minimum Gasteiger partial charge on any atom is -0.379 e. The molecule has 0 unspecified atom stereocenters. The van der Waals surface area contributed by atoms with Crippen molar-refractivity contribution in [2.24, 2.45) is 0 Å². The summed E-state index contributed by atoms with van der Waals surface area (Å²) < 4.78 is 5.42. The molecule has 0 bridgehead atoms. The van der Waals surface area contributed by atoms with E-state index in [4.69, 9.17) is 4.74 Å². The van der Waals surface area contributed by atoms with Gasteiger partial charge in [0.2, 0.25) is 0 Å². The number of carbonyl (C=O) groups is 1. The van der Waals surface area contributed by atoms with Crippen molar-refractivity contribution in [1.82, 2.24) is 15.2 Å². The minimum absolute atomic E-state index is 0.0358. The smallest absolute Gasteiger partial charge is 0.255 e. The summed E-state index contributed by atoms with van der Waals surface area (Å²) in [6.07, 6.45) is 4.10. The molecule has 0 spiro atoms. The van der Waals surface area contributed by atoms with Gasteiger partial charge in [0.15, 0.2) is 0 Å². The first-order chi connectivity index (χ1) is 11.6. The van der Waals surface area contributed by atoms with Crippen LogP contribution in [-0.2, 0) is 4.74 Å². The molecule has 1 aromatic heterocycles. The fourth-order valence-electron chi connectivity index (χ4n) is 3.43. The van der Waals surface area contributed by atoms with Gasteiger partial charge in [-0.1, -0.05) is 0 Å². The van der Waals surface area contributed by atoms with Gasteiger partial charge in [-0.15, -0.1) is 0 Å². The molecule has 1 N–H and O–H groups in total. The summed E-state index contributed by atoms with van der Waals surface area (Å²) in [5.41, 5.74) is 0.590. The Labute approximate surface area is 144 Å². The lowest BCUT2D eigenvalue weighted by Crippen LogP contribution is -2.55. The van der Waals surface area contributed by atoms with Crippen LogP contribution in [0, 0.1) is 0 Å². The molecule has 24 heavy (non-hydrogen) atoms. The molecule has 2 fully saturated rings. The Morgan fingerprint density at radius 2 is 1.96 bits per heavy atom. The van der Waals surface area contributed by atoms with E-state index in [0.717, 1.165) is 45.2 Å². The molecule has 6 nitrogen and oxygen atoms in total.